The molecule has 112 valence electrons. The van der Waals surface area contributed by atoms with Gasteiger partial charge in [0.1, 0.15) is 11.6 Å². The van der Waals surface area contributed by atoms with Gasteiger partial charge in [0.25, 0.3) is 0 Å². The second-order valence-corrected chi connectivity index (χ2v) is 5.96. The van der Waals surface area contributed by atoms with Crippen LogP contribution in [0.25, 0.3) is 0 Å². The molecular weight excluding hydrogens is 256 g/mol. The first-order chi connectivity index (χ1) is 9.61. The van der Waals surface area contributed by atoms with Gasteiger partial charge >= 0.3 is 0 Å². The fourth-order valence-corrected chi connectivity index (χ4v) is 3.24. The van der Waals surface area contributed by atoms with Gasteiger partial charge in [0.2, 0.25) is 0 Å². The summed E-state index contributed by atoms with van der Waals surface area (Å²) < 4.78 is 27.8. The van der Waals surface area contributed by atoms with Crippen LogP contribution in [0, 0.1) is 24.5 Å². The number of benzene rings is 1. The Bertz CT molecular complexity index is 439. The van der Waals surface area contributed by atoms with E-state index in [1.807, 2.05) is 6.92 Å². The van der Waals surface area contributed by atoms with Crippen LogP contribution >= 0.6 is 0 Å². The second kappa shape index (κ2) is 7.16. The summed E-state index contributed by atoms with van der Waals surface area (Å²) in [5.41, 5.74) is 0.852. The van der Waals surface area contributed by atoms with E-state index in [9.17, 15) is 8.78 Å². The van der Waals surface area contributed by atoms with Gasteiger partial charge in [-0.05, 0) is 49.9 Å². The molecule has 1 aliphatic rings. The fourth-order valence-electron chi connectivity index (χ4n) is 3.24. The highest BCUT2D eigenvalue weighted by atomic mass is 19.1. The SMILES string of the molecule is CCNC(CCC1CCCC1)c1cc(F)c(C)cc1F. The zero-order valence-corrected chi connectivity index (χ0v) is 12.5. The van der Waals surface area contributed by atoms with E-state index in [1.165, 1.54) is 37.8 Å². The molecule has 0 amide bonds. The summed E-state index contributed by atoms with van der Waals surface area (Å²) in [7, 11) is 0. The van der Waals surface area contributed by atoms with Crippen molar-refractivity contribution in [1.29, 1.82) is 0 Å². The van der Waals surface area contributed by atoms with Gasteiger partial charge in [-0.15, -0.1) is 0 Å². The van der Waals surface area contributed by atoms with Crippen molar-refractivity contribution in [2.45, 2.75) is 58.4 Å². The summed E-state index contributed by atoms with van der Waals surface area (Å²) in [4.78, 5) is 0. The molecule has 0 bridgehead atoms. The number of rotatable bonds is 6. The molecule has 0 spiro atoms. The Morgan fingerprint density at radius 2 is 1.90 bits per heavy atom. The summed E-state index contributed by atoms with van der Waals surface area (Å²) in [6.07, 6.45) is 7.23. The maximum absolute atomic E-state index is 14.1. The van der Waals surface area contributed by atoms with Crippen molar-refractivity contribution in [3.63, 3.8) is 0 Å². The predicted molar refractivity (Wildman–Crippen MR) is 78.7 cm³/mol. The van der Waals surface area contributed by atoms with E-state index in [0.29, 0.717) is 11.1 Å². The molecule has 0 radical (unpaired) electrons. The van der Waals surface area contributed by atoms with Gasteiger partial charge in [-0.3, -0.25) is 0 Å². The molecule has 1 unspecified atom stereocenters. The lowest BCUT2D eigenvalue weighted by molar-refractivity contribution is 0.406. The van der Waals surface area contributed by atoms with E-state index in [-0.39, 0.29) is 17.7 Å². The highest BCUT2D eigenvalue weighted by molar-refractivity contribution is 5.27. The lowest BCUT2D eigenvalue weighted by atomic mass is 9.94. The van der Waals surface area contributed by atoms with Crippen molar-refractivity contribution < 1.29 is 8.78 Å². The fraction of sp³-hybridized carbons (Fsp3) is 0.647. The van der Waals surface area contributed by atoms with Crippen LogP contribution in [0.3, 0.4) is 0 Å². The van der Waals surface area contributed by atoms with Gasteiger partial charge in [-0.1, -0.05) is 32.6 Å². The van der Waals surface area contributed by atoms with Crippen LogP contribution in [0.15, 0.2) is 12.1 Å². The third-order valence-corrected chi connectivity index (χ3v) is 4.44. The average molecular weight is 281 g/mol. The van der Waals surface area contributed by atoms with Crippen LogP contribution in [-0.2, 0) is 0 Å². The van der Waals surface area contributed by atoms with Gasteiger partial charge in [0, 0.05) is 11.6 Å². The first-order valence-electron chi connectivity index (χ1n) is 7.80. The maximum Gasteiger partial charge on any atom is 0.128 e. The van der Waals surface area contributed by atoms with Crippen LogP contribution in [0.2, 0.25) is 0 Å². The average Bonchev–Trinajstić information content (AvgIpc) is 2.92. The van der Waals surface area contributed by atoms with Gasteiger partial charge < -0.3 is 5.32 Å². The van der Waals surface area contributed by atoms with E-state index in [4.69, 9.17) is 0 Å². The third-order valence-electron chi connectivity index (χ3n) is 4.44. The van der Waals surface area contributed by atoms with Crippen molar-refractivity contribution in [2.24, 2.45) is 5.92 Å². The normalized spacial score (nSPS) is 17.6. The summed E-state index contributed by atoms with van der Waals surface area (Å²) in [5, 5.41) is 3.30. The monoisotopic (exact) mass is 281 g/mol. The van der Waals surface area contributed by atoms with Crippen molar-refractivity contribution >= 4 is 0 Å². The smallest absolute Gasteiger partial charge is 0.128 e. The quantitative estimate of drug-likeness (QED) is 0.782. The van der Waals surface area contributed by atoms with Gasteiger partial charge in [0.05, 0.1) is 0 Å². The molecule has 1 N–H and O–H groups in total. The summed E-state index contributed by atoms with van der Waals surface area (Å²) in [6, 6.07) is 2.60. The van der Waals surface area contributed by atoms with E-state index >= 15 is 0 Å². The molecule has 1 aromatic rings. The topological polar surface area (TPSA) is 12.0 Å². The minimum Gasteiger partial charge on any atom is -0.310 e. The molecular formula is C17H25F2N. The van der Waals surface area contributed by atoms with Crippen LogP contribution in [0.1, 0.15) is 62.6 Å². The molecule has 1 nitrogen and oxygen atoms in total. The number of aryl methyl sites for hydroxylation is 1. The molecule has 1 atom stereocenters. The van der Waals surface area contributed by atoms with Crippen LogP contribution in [0.5, 0.6) is 0 Å². The highest BCUT2D eigenvalue weighted by Crippen LogP contribution is 2.32. The Morgan fingerprint density at radius 3 is 2.55 bits per heavy atom. The van der Waals surface area contributed by atoms with Crippen LogP contribution in [-0.4, -0.2) is 6.54 Å². The minimum absolute atomic E-state index is 0.0734. The molecule has 1 aromatic carbocycles. The van der Waals surface area contributed by atoms with Crippen LogP contribution in [0.4, 0.5) is 8.78 Å². The summed E-state index contributed by atoms with van der Waals surface area (Å²) in [5.74, 6) is 0.168. The Balaban J connectivity index is 2.08. The predicted octanol–water partition coefficient (Wildman–Crippen LogP) is 4.89. The van der Waals surface area contributed by atoms with E-state index in [0.717, 1.165) is 25.3 Å². The molecule has 1 saturated carbocycles. The number of hydrogen-bond donors (Lipinski definition) is 1. The maximum atomic E-state index is 14.1. The largest absolute Gasteiger partial charge is 0.310 e. The molecule has 3 heteroatoms. The Kier molecular flexibility index (Phi) is 5.53. The number of hydrogen-bond acceptors (Lipinski definition) is 1. The lowest BCUT2D eigenvalue weighted by Gasteiger charge is -2.21. The molecule has 1 aliphatic carbocycles. The molecule has 0 aliphatic heterocycles. The highest BCUT2D eigenvalue weighted by Gasteiger charge is 2.20. The van der Waals surface area contributed by atoms with Gasteiger partial charge in [-0.25, -0.2) is 8.78 Å². The minimum atomic E-state index is -0.315. The van der Waals surface area contributed by atoms with Gasteiger partial charge in [0.15, 0.2) is 0 Å². The molecule has 2 rings (SSSR count). The number of nitrogens with one attached hydrogen (secondary N) is 1. The molecule has 1 fully saturated rings. The molecule has 0 saturated heterocycles. The number of halogens is 2. The lowest BCUT2D eigenvalue weighted by Crippen LogP contribution is -2.23. The standard InChI is InChI=1S/C17H25F2N/c1-3-20-17(9-8-13-6-4-5-7-13)14-11-15(18)12(2)10-16(14)19/h10-11,13,17,20H,3-9H2,1-2H3. The van der Waals surface area contributed by atoms with Crippen molar-refractivity contribution in [3.8, 4) is 0 Å². The van der Waals surface area contributed by atoms with Crippen LogP contribution < -0.4 is 5.32 Å². The third kappa shape index (κ3) is 3.78. The zero-order chi connectivity index (χ0) is 14.5. The Morgan fingerprint density at radius 1 is 1.20 bits per heavy atom. The van der Waals surface area contributed by atoms with Crippen molar-refractivity contribution in [2.75, 3.05) is 6.54 Å². The summed E-state index contributed by atoms with van der Waals surface area (Å²) >= 11 is 0. The Hall–Kier alpha value is -0.960. The molecule has 20 heavy (non-hydrogen) atoms. The zero-order valence-electron chi connectivity index (χ0n) is 12.5. The van der Waals surface area contributed by atoms with Crippen molar-refractivity contribution in [3.05, 3.63) is 34.9 Å². The first kappa shape index (κ1) is 15.4. The first-order valence-corrected chi connectivity index (χ1v) is 7.80. The Labute approximate surface area is 120 Å². The molecule has 0 heterocycles. The van der Waals surface area contributed by atoms with E-state index in [1.54, 1.807) is 6.92 Å². The van der Waals surface area contributed by atoms with E-state index in [2.05, 4.69) is 5.32 Å². The second-order valence-electron chi connectivity index (χ2n) is 5.96. The van der Waals surface area contributed by atoms with Crippen molar-refractivity contribution in [1.82, 2.24) is 5.32 Å². The molecule has 0 aromatic heterocycles. The van der Waals surface area contributed by atoms with Gasteiger partial charge in [-0.2, -0.15) is 0 Å². The van der Waals surface area contributed by atoms with E-state index < -0.39 is 0 Å². The summed E-state index contributed by atoms with van der Waals surface area (Å²) in [6.45, 7) is 4.37.